The summed E-state index contributed by atoms with van der Waals surface area (Å²) in [6.45, 7) is 4.59. The van der Waals surface area contributed by atoms with Crippen LogP contribution >= 0.6 is 0 Å². The summed E-state index contributed by atoms with van der Waals surface area (Å²) in [5.41, 5.74) is 4.74. The van der Waals surface area contributed by atoms with Gasteiger partial charge in [-0.25, -0.2) is 0 Å². The molecular weight excluding hydrogens is 416 g/mol. The summed E-state index contributed by atoms with van der Waals surface area (Å²) in [5.74, 6) is -0.368. The minimum absolute atomic E-state index is 0.322. The van der Waals surface area contributed by atoms with E-state index in [2.05, 4.69) is 10.1 Å². The predicted octanol–water partition coefficient (Wildman–Crippen LogP) is 5.61. The van der Waals surface area contributed by atoms with Gasteiger partial charge >= 0.3 is 5.97 Å². The number of carboxylic acid groups (broad SMARTS) is 1. The number of hydrogen-bond donors (Lipinski definition) is 1. The average Bonchev–Trinajstić information content (AvgIpc) is 2.85. The second-order valence-electron chi connectivity index (χ2n) is 7.82. The second-order valence-corrected chi connectivity index (χ2v) is 7.82. The van der Waals surface area contributed by atoms with Gasteiger partial charge in [0.25, 0.3) is 0 Å². The molecule has 1 unspecified atom stereocenters. The van der Waals surface area contributed by atoms with Crippen LogP contribution in [0.5, 0.6) is 5.75 Å². The first-order chi connectivity index (χ1) is 16.1. The van der Waals surface area contributed by atoms with Gasteiger partial charge in [-0.2, -0.15) is 0 Å². The van der Waals surface area contributed by atoms with Crippen LogP contribution in [-0.4, -0.2) is 35.0 Å². The Morgan fingerprint density at radius 3 is 2.42 bits per heavy atom. The molecule has 0 fully saturated rings. The summed E-state index contributed by atoms with van der Waals surface area (Å²) in [7, 11) is 0. The van der Waals surface area contributed by atoms with Crippen molar-refractivity contribution in [1.29, 1.82) is 0 Å². The number of rotatable bonds is 12. The SMILES string of the molecule is CCCC(Cc1ccc(OCCO/N=C(\C)c2ccc(-c3ccccn3)cc2)cc1)C(=O)O. The van der Waals surface area contributed by atoms with Gasteiger partial charge < -0.3 is 14.7 Å². The number of oxime groups is 1. The molecular formula is C27H30N2O4. The molecule has 0 aliphatic rings. The van der Waals surface area contributed by atoms with E-state index in [4.69, 9.17) is 9.57 Å². The second kappa shape index (κ2) is 12.4. The Hall–Kier alpha value is -3.67. The van der Waals surface area contributed by atoms with Crippen LogP contribution in [0.3, 0.4) is 0 Å². The largest absolute Gasteiger partial charge is 0.490 e. The van der Waals surface area contributed by atoms with Gasteiger partial charge in [-0.05, 0) is 55.2 Å². The Labute approximate surface area is 194 Å². The molecule has 0 aliphatic heterocycles. The molecule has 0 amide bonds. The Morgan fingerprint density at radius 2 is 1.79 bits per heavy atom. The van der Waals surface area contributed by atoms with Crippen molar-refractivity contribution in [2.75, 3.05) is 13.2 Å². The topological polar surface area (TPSA) is 81.0 Å². The van der Waals surface area contributed by atoms with E-state index in [0.29, 0.717) is 26.1 Å². The number of nitrogens with zero attached hydrogens (tertiary/aromatic N) is 2. The molecule has 0 radical (unpaired) electrons. The number of aliphatic carboxylic acids is 1. The van der Waals surface area contributed by atoms with E-state index in [1.165, 1.54) is 0 Å². The fourth-order valence-electron chi connectivity index (χ4n) is 3.48. The highest BCUT2D eigenvalue weighted by atomic mass is 16.6. The molecule has 1 heterocycles. The lowest BCUT2D eigenvalue weighted by Crippen LogP contribution is -2.16. The quantitative estimate of drug-likeness (QED) is 0.222. The number of benzene rings is 2. The van der Waals surface area contributed by atoms with Gasteiger partial charge in [-0.15, -0.1) is 0 Å². The molecule has 3 aromatic rings. The molecule has 3 rings (SSSR count). The van der Waals surface area contributed by atoms with Crippen molar-refractivity contribution in [2.45, 2.75) is 33.1 Å². The number of ether oxygens (including phenoxy) is 1. The molecule has 2 aromatic carbocycles. The molecule has 0 bridgehead atoms. The van der Waals surface area contributed by atoms with Crippen molar-refractivity contribution in [1.82, 2.24) is 4.98 Å². The van der Waals surface area contributed by atoms with Gasteiger partial charge in [0, 0.05) is 11.8 Å². The highest BCUT2D eigenvalue weighted by molar-refractivity contribution is 5.98. The van der Waals surface area contributed by atoms with Crippen LogP contribution in [0.2, 0.25) is 0 Å². The predicted molar refractivity (Wildman–Crippen MR) is 130 cm³/mol. The van der Waals surface area contributed by atoms with Crippen molar-refractivity contribution >= 4 is 11.7 Å². The van der Waals surface area contributed by atoms with E-state index in [9.17, 15) is 9.90 Å². The third-order valence-electron chi connectivity index (χ3n) is 5.30. The maximum atomic E-state index is 11.3. The highest BCUT2D eigenvalue weighted by Crippen LogP contribution is 2.19. The molecule has 6 nitrogen and oxygen atoms in total. The minimum atomic E-state index is -0.741. The van der Waals surface area contributed by atoms with E-state index in [-0.39, 0.29) is 5.92 Å². The smallest absolute Gasteiger partial charge is 0.306 e. The van der Waals surface area contributed by atoms with Crippen molar-refractivity contribution in [3.8, 4) is 17.0 Å². The van der Waals surface area contributed by atoms with E-state index in [1.807, 2.05) is 80.6 Å². The highest BCUT2D eigenvalue weighted by Gasteiger charge is 2.16. The summed E-state index contributed by atoms with van der Waals surface area (Å²) in [6, 6.07) is 21.4. The zero-order valence-corrected chi connectivity index (χ0v) is 19.1. The van der Waals surface area contributed by atoms with E-state index in [1.54, 1.807) is 6.20 Å². The molecule has 0 aliphatic carbocycles. The number of aromatic nitrogens is 1. The average molecular weight is 447 g/mol. The van der Waals surface area contributed by atoms with Crippen LogP contribution in [0.15, 0.2) is 78.1 Å². The number of hydrogen-bond acceptors (Lipinski definition) is 5. The van der Waals surface area contributed by atoms with E-state index >= 15 is 0 Å². The van der Waals surface area contributed by atoms with E-state index < -0.39 is 5.97 Å². The third-order valence-corrected chi connectivity index (χ3v) is 5.30. The van der Waals surface area contributed by atoms with Crippen molar-refractivity contribution in [3.05, 3.63) is 84.1 Å². The van der Waals surface area contributed by atoms with Gasteiger partial charge in [0.1, 0.15) is 12.4 Å². The van der Waals surface area contributed by atoms with Crippen LogP contribution in [0, 0.1) is 5.92 Å². The molecule has 0 spiro atoms. The Bertz CT molecular complexity index is 1030. The summed E-state index contributed by atoms with van der Waals surface area (Å²) in [4.78, 5) is 21.1. The number of pyridine rings is 1. The zero-order chi connectivity index (χ0) is 23.5. The zero-order valence-electron chi connectivity index (χ0n) is 19.1. The van der Waals surface area contributed by atoms with Gasteiger partial charge in [-0.1, -0.05) is 61.0 Å². The lowest BCUT2D eigenvalue weighted by atomic mass is 9.95. The molecule has 0 saturated carbocycles. The fraction of sp³-hybridized carbons (Fsp3) is 0.296. The number of carboxylic acids is 1. The first-order valence-corrected chi connectivity index (χ1v) is 11.2. The number of carbonyl (C=O) groups is 1. The van der Waals surface area contributed by atoms with Crippen molar-refractivity contribution in [2.24, 2.45) is 11.1 Å². The maximum absolute atomic E-state index is 11.3. The van der Waals surface area contributed by atoms with Crippen molar-refractivity contribution in [3.63, 3.8) is 0 Å². The normalized spacial score (nSPS) is 12.2. The Morgan fingerprint density at radius 1 is 1.03 bits per heavy atom. The fourth-order valence-corrected chi connectivity index (χ4v) is 3.48. The first-order valence-electron chi connectivity index (χ1n) is 11.2. The molecule has 1 aromatic heterocycles. The molecule has 33 heavy (non-hydrogen) atoms. The lowest BCUT2D eigenvalue weighted by Gasteiger charge is -2.12. The van der Waals surface area contributed by atoms with Crippen LogP contribution in [0.25, 0.3) is 11.3 Å². The Balaban J connectivity index is 1.42. The molecule has 172 valence electrons. The van der Waals surface area contributed by atoms with Crippen LogP contribution in [0.4, 0.5) is 0 Å². The van der Waals surface area contributed by atoms with Crippen LogP contribution < -0.4 is 4.74 Å². The van der Waals surface area contributed by atoms with Gasteiger partial charge in [0.05, 0.1) is 17.3 Å². The van der Waals surface area contributed by atoms with Gasteiger partial charge in [0.15, 0.2) is 6.61 Å². The third kappa shape index (κ3) is 7.45. The summed E-state index contributed by atoms with van der Waals surface area (Å²) >= 11 is 0. The Kier molecular flexibility index (Phi) is 9.00. The van der Waals surface area contributed by atoms with Gasteiger partial charge in [0.2, 0.25) is 0 Å². The minimum Gasteiger partial charge on any atom is -0.490 e. The summed E-state index contributed by atoms with van der Waals surface area (Å²) in [5, 5.41) is 13.5. The monoisotopic (exact) mass is 446 g/mol. The van der Waals surface area contributed by atoms with Crippen molar-refractivity contribution < 1.29 is 19.5 Å². The molecule has 1 atom stereocenters. The molecule has 0 saturated heterocycles. The lowest BCUT2D eigenvalue weighted by molar-refractivity contribution is -0.141. The maximum Gasteiger partial charge on any atom is 0.306 e. The van der Waals surface area contributed by atoms with Gasteiger partial charge in [-0.3, -0.25) is 9.78 Å². The standard InChI is InChI=1S/C27H30N2O4/c1-3-6-24(27(30)31)19-21-8-14-25(15-9-21)32-17-18-33-29-20(2)22-10-12-23(13-11-22)26-7-4-5-16-28-26/h4-5,7-16,24H,3,6,17-19H2,1-2H3,(H,30,31)/b29-20+. The molecule has 6 heteroatoms. The van der Waals surface area contributed by atoms with Crippen LogP contribution in [-0.2, 0) is 16.1 Å². The summed E-state index contributed by atoms with van der Waals surface area (Å²) in [6.07, 6.45) is 3.85. The van der Waals surface area contributed by atoms with Crippen LogP contribution in [0.1, 0.15) is 37.8 Å². The molecule has 1 N–H and O–H groups in total. The first kappa shape index (κ1) is 24.0. The summed E-state index contributed by atoms with van der Waals surface area (Å²) < 4.78 is 5.70. The van der Waals surface area contributed by atoms with E-state index in [0.717, 1.165) is 40.3 Å².